The number of rotatable bonds is 6. The zero-order valence-corrected chi connectivity index (χ0v) is 12.5. The smallest absolute Gasteiger partial charge is 0.337 e. The van der Waals surface area contributed by atoms with Crippen LogP contribution in [0.25, 0.3) is 0 Å². The number of aliphatic hydroxyl groups is 1. The minimum absolute atomic E-state index is 0.0477. The molecule has 0 aliphatic rings. The predicted molar refractivity (Wildman–Crippen MR) is 73.9 cm³/mol. The molecule has 1 unspecified atom stereocenters. The lowest BCUT2D eigenvalue weighted by atomic mass is 10.0. The Morgan fingerprint density at radius 2 is 2.10 bits per heavy atom. The Kier molecular flexibility index (Phi) is 5.27. The molecule has 112 valence electrons. The Hall–Kier alpha value is -1.44. The predicted octanol–water partition coefficient (Wildman–Crippen LogP) is 0.912. The van der Waals surface area contributed by atoms with Gasteiger partial charge in [0.05, 0.1) is 29.7 Å². The van der Waals surface area contributed by atoms with Gasteiger partial charge in [-0.15, -0.1) is 0 Å². The molecular formula is C13H19NO5S. The van der Waals surface area contributed by atoms with Gasteiger partial charge in [-0.1, -0.05) is 13.0 Å². The molecule has 0 aliphatic heterocycles. The third-order valence-electron chi connectivity index (χ3n) is 3.08. The SMILES string of the molecule is CCC(C)(CO)NS(=O)(=O)c1cccc(C(=O)OC)c1. The molecule has 0 spiro atoms. The van der Waals surface area contributed by atoms with Crippen molar-refractivity contribution in [2.24, 2.45) is 0 Å². The van der Waals surface area contributed by atoms with Crippen LogP contribution < -0.4 is 4.72 Å². The monoisotopic (exact) mass is 301 g/mol. The Bertz CT molecular complexity index is 578. The molecular weight excluding hydrogens is 282 g/mol. The highest BCUT2D eigenvalue weighted by molar-refractivity contribution is 7.89. The van der Waals surface area contributed by atoms with Crippen molar-refractivity contribution >= 4 is 16.0 Å². The number of aliphatic hydroxyl groups excluding tert-OH is 1. The minimum Gasteiger partial charge on any atom is -0.465 e. The van der Waals surface area contributed by atoms with Gasteiger partial charge in [0.15, 0.2) is 0 Å². The fourth-order valence-corrected chi connectivity index (χ4v) is 3.02. The molecule has 0 fully saturated rings. The van der Waals surface area contributed by atoms with E-state index in [1.807, 2.05) is 0 Å². The summed E-state index contributed by atoms with van der Waals surface area (Å²) in [5, 5.41) is 9.28. The first-order valence-corrected chi connectivity index (χ1v) is 7.59. The zero-order valence-electron chi connectivity index (χ0n) is 11.7. The van der Waals surface area contributed by atoms with Crippen molar-refractivity contribution in [1.82, 2.24) is 4.72 Å². The summed E-state index contributed by atoms with van der Waals surface area (Å²) in [7, 11) is -2.60. The maximum Gasteiger partial charge on any atom is 0.337 e. The van der Waals surface area contributed by atoms with E-state index in [0.29, 0.717) is 6.42 Å². The number of carbonyl (C=O) groups is 1. The van der Waals surface area contributed by atoms with Crippen LogP contribution in [-0.4, -0.2) is 38.7 Å². The number of carbonyl (C=O) groups excluding carboxylic acids is 1. The molecule has 0 aliphatic carbocycles. The van der Waals surface area contributed by atoms with Crippen LogP contribution in [0.15, 0.2) is 29.2 Å². The lowest BCUT2D eigenvalue weighted by Gasteiger charge is -2.26. The average molecular weight is 301 g/mol. The number of esters is 1. The van der Waals surface area contributed by atoms with E-state index in [-0.39, 0.29) is 17.1 Å². The normalized spacial score (nSPS) is 14.6. The van der Waals surface area contributed by atoms with Gasteiger partial charge in [-0.25, -0.2) is 17.9 Å². The van der Waals surface area contributed by atoms with Crippen LogP contribution in [0.3, 0.4) is 0 Å². The van der Waals surface area contributed by atoms with Crippen LogP contribution in [0.5, 0.6) is 0 Å². The standard InChI is InChI=1S/C13H19NO5S/c1-4-13(2,9-15)14-20(17,18)11-7-5-6-10(8-11)12(16)19-3/h5-8,14-15H,4,9H2,1-3H3. The van der Waals surface area contributed by atoms with Crippen LogP contribution in [0.2, 0.25) is 0 Å². The van der Waals surface area contributed by atoms with Crippen LogP contribution in [0.4, 0.5) is 0 Å². The lowest BCUT2D eigenvalue weighted by Crippen LogP contribution is -2.48. The van der Waals surface area contributed by atoms with Crippen molar-refractivity contribution in [2.75, 3.05) is 13.7 Å². The number of ether oxygens (including phenoxy) is 1. The van der Waals surface area contributed by atoms with E-state index < -0.39 is 21.5 Å². The molecule has 0 radical (unpaired) electrons. The second-order valence-electron chi connectivity index (χ2n) is 4.70. The maximum atomic E-state index is 12.3. The summed E-state index contributed by atoms with van der Waals surface area (Å²) in [5.41, 5.74) is -0.794. The summed E-state index contributed by atoms with van der Waals surface area (Å²) < 4.78 is 31.5. The van der Waals surface area contributed by atoms with Gasteiger partial charge in [-0.3, -0.25) is 0 Å². The van der Waals surface area contributed by atoms with Gasteiger partial charge in [-0.2, -0.15) is 0 Å². The first-order chi connectivity index (χ1) is 9.28. The quantitative estimate of drug-likeness (QED) is 0.762. The highest BCUT2D eigenvalue weighted by Crippen LogP contribution is 2.17. The van der Waals surface area contributed by atoms with Gasteiger partial charge in [0.25, 0.3) is 0 Å². The van der Waals surface area contributed by atoms with Crippen LogP contribution in [0, 0.1) is 0 Å². The molecule has 0 aromatic heterocycles. The second-order valence-corrected chi connectivity index (χ2v) is 6.38. The Morgan fingerprint density at radius 1 is 1.45 bits per heavy atom. The fourth-order valence-electron chi connectivity index (χ4n) is 1.51. The number of benzene rings is 1. The van der Waals surface area contributed by atoms with Gasteiger partial charge in [0.2, 0.25) is 10.0 Å². The lowest BCUT2D eigenvalue weighted by molar-refractivity contribution is 0.0600. The molecule has 0 heterocycles. The topological polar surface area (TPSA) is 92.7 Å². The molecule has 0 saturated heterocycles. The largest absolute Gasteiger partial charge is 0.465 e. The highest BCUT2D eigenvalue weighted by atomic mass is 32.2. The molecule has 0 bridgehead atoms. The van der Waals surface area contributed by atoms with Gasteiger partial charge in [0.1, 0.15) is 0 Å². The molecule has 7 heteroatoms. The van der Waals surface area contributed by atoms with Gasteiger partial charge in [0, 0.05) is 0 Å². The van der Waals surface area contributed by atoms with Crippen molar-refractivity contribution in [2.45, 2.75) is 30.7 Å². The molecule has 1 aromatic carbocycles. The number of nitrogens with one attached hydrogen (secondary N) is 1. The van der Waals surface area contributed by atoms with E-state index in [1.54, 1.807) is 13.8 Å². The van der Waals surface area contributed by atoms with E-state index in [1.165, 1.54) is 31.4 Å². The van der Waals surface area contributed by atoms with Crippen molar-refractivity contribution in [3.8, 4) is 0 Å². The molecule has 1 rings (SSSR count). The summed E-state index contributed by atoms with van der Waals surface area (Å²) in [5.74, 6) is -0.609. The first kappa shape index (κ1) is 16.6. The molecule has 2 N–H and O–H groups in total. The number of hydrogen-bond donors (Lipinski definition) is 2. The van der Waals surface area contributed by atoms with Gasteiger partial charge < -0.3 is 9.84 Å². The van der Waals surface area contributed by atoms with Gasteiger partial charge >= 0.3 is 5.97 Å². The Morgan fingerprint density at radius 3 is 2.60 bits per heavy atom. The molecule has 6 nitrogen and oxygen atoms in total. The summed E-state index contributed by atoms with van der Waals surface area (Å²) >= 11 is 0. The molecule has 1 atom stereocenters. The summed E-state index contributed by atoms with van der Waals surface area (Å²) in [6.07, 6.45) is 0.430. The van der Waals surface area contributed by atoms with Crippen LogP contribution in [-0.2, 0) is 14.8 Å². The summed E-state index contributed by atoms with van der Waals surface area (Å²) in [4.78, 5) is 11.4. The molecule has 0 amide bonds. The molecule has 20 heavy (non-hydrogen) atoms. The van der Waals surface area contributed by atoms with E-state index in [9.17, 15) is 18.3 Å². The third-order valence-corrected chi connectivity index (χ3v) is 4.71. The maximum absolute atomic E-state index is 12.3. The number of hydrogen-bond acceptors (Lipinski definition) is 5. The van der Waals surface area contributed by atoms with E-state index in [2.05, 4.69) is 9.46 Å². The average Bonchev–Trinajstić information content (AvgIpc) is 2.46. The highest BCUT2D eigenvalue weighted by Gasteiger charge is 2.28. The number of sulfonamides is 1. The first-order valence-electron chi connectivity index (χ1n) is 6.11. The van der Waals surface area contributed by atoms with E-state index in [0.717, 1.165) is 0 Å². The molecule has 0 saturated carbocycles. The van der Waals surface area contributed by atoms with Crippen LogP contribution >= 0.6 is 0 Å². The van der Waals surface area contributed by atoms with Crippen LogP contribution in [0.1, 0.15) is 30.6 Å². The summed E-state index contributed by atoms with van der Waals surface area (Å²) in [6, 6.07) is 5.54. The van der Waals surface area contributed by atoms with Crippen molar-refractivity contribution < 1.29 is 23.1 Å². The Labute approximate surface area is 118 Å². The summed E-state index contributed by atoms with van der Waals surface area (Å²) in [6.45, 7) is 3.05. The fraction of sp³-hybridized carbons (Fsp3) is 0.462. The van der Waals surface area contributed by atoms with E-state index in [4.69, 9.17) is 0 Å². The minimum atomic E-state index is -3.82. The zero-order chi connectivity index (χ0) is 15.4. The van der Waals surface area contributed by atoms with Crippen molar-refractivity contribution in [1.29, 1.82) is 0 Å². The van der Waals surface area contributed by atoms with Gasteiger partial charge in [-0.05, 0) is 31.5 Å². The van der Waals surface area contributed by atoms with Crippen molar-refractivity contribution in [3.63, 3.8) is 0 Å². The molecule has 1 aromatic rings. The van der Waals surface area contributed by atoms with Crippen molar-refractivity contribution in [3.05, 3.63) is 29.8 Å². The van der Waals surface area contributed by atoms with E-state index >= 15 is 0 Å². The number of methoxy groups -OCH3 is 1. The Balaban J connectivity index is 3.13. The second kappa shape index (κ2) is 6.34. The third kappa shape index (κ3) is 3.78.